The summed E-state index contributed by atoms with van der Waals surface area (Å²) in [4.78, 5) is 12.0. The monoisotopic (exact) mass is 390 g/mol. The molecule has 0 aliphatic heterocycles. The van der Waals surface area contributed by atoms with E-state index in [9.17, 15) is 4.79 Å². The predicted molar refractivity (Wildman–Crippen MR) is 114 cm³/mol. The summed E-state index contributed by atoms with van der Waals surface area (Å²) < 4.78 is 5.14. The largest absolute Gasteiger partial charge is 0.497 e. The molecule has 0 saturated heterocycles. The fourth-order valence-corrected chi connectivity index (χ4v) is 2.80. The number of hydrogen-bond donors (Lipinski definition) is 2. The molecule has 1 unspecified atom stereocenters. The van der Waals surface area contributed by atoms with E-state index < -0.39 is 0 Å². The van der Waals surface area contributed by atoms with Gasteiger partial charge in [-0.25, -0.2) is 0 Å². The van der Waals surface area contributed by atoms with Crippen molar-refractivity contribution in [2.24, 2.45) is 5.73 Å². The average Bonchev–Trinajstić information content (AvgIpc) is 2.66. The first-order valence-electron chi connectivity index (χ1n) is 9.24. The fourth-order valence-electron chi connectivity index (χ4n) is 2.80. The Labute approximate surface area is 168 Å². The highest BCUT2D eigenvalue weighted by Crippen LogP contribution is 2.17. The summed E-state index contributed by atoms with van der Waals surface area (Å²) in [6.45, 7) is 4.80. The van der Waals surface area contributed by atoms with Gasteiger partial charge >= 0.3 is 0 Å². The van der Waals surface area contributed by atoms with E-state index in [2.05, 4.69) is 43.4 Å². The number of rotatable bonds is 9. The van der Waals surface area contributed by atoms with Crippen LogP contribution in [0.15, 0.2) is 48.5 Å². The molecule has 2 aromatic carbocycles. The minimum atomic E-state index is -0.179. The maximum Gasteiger partial charge on any atom is 0.220 e. The summed E-state index contributed by atoms with van der Waals surface area (Å²) in [5, 5.41) is 2.94. The average molecular weight is 391 g/mol. The number of amides is 1. The van der Waals surface area contributed by atoms with Crippen molar-refractivity contribution in [1.29, 1.82) is 0 Å². The van der Waals surface area contributed by atoms with Gasteiger partial charge in [0, 0.05) is 19.0 Å². The van der Waals surface area contributed by atoms with Crippen LogP contribution < -0.4 is 15.8 Å². The molecule has 0 radical (unpaired) electrons. The molecule has 0 aliphatic carbocycles. The van der Waals surface area contributed by atoms with Gasteiger partial charge in [0.1, 0.15) is 5.75 Å². The van der Waals surface area contributed by atoms with Crippen LogP contribution in [-0.4, -0.2) is 19.6 Å². The van der Waals surface area contributed by atoms with E-state index in [1.54, 1.807) is 7.11 Å². The lowest BCUT2D eigenvalue weighted by Crippen LogP contribution is -2.31. The molecule has 148 valence electrons. The number of hydrogen-bond acceptors (Lipinski definition) is 3. The van der Waals surface area contributed by atoms with Gasteiger partial charge in [-0.2, -0.15) is 0 Å². The molecule has 0 aromatic heterocycles. The number of halogens is 1. The quantitative estimate of drug-likeness (QED) is 0.667. The van der Waals surface area contributed by atoms with Gasteiger partial charge in [0.05, 0.1) is 7.11 Å². The first-order valence-corrected chi connectivity index (χ1v) is 9.24. The topological polar surface area (TPSA) is 64.3 Å². The predicted octanol–water partition coefficient (Wildman–Crippen LogP) is 4.38. The van der Waals surface area contributed by atoms with E-state index in [4.69, 9.17) is 10.5 Å². The maximum atomic E-state index is 12.0. The van der Waals surface area contributed by atoms with Crippen LogP contribution in [0.1, 0.15) is 55.3 Å². The fraction of sp³-hybridized carbons (Fsp3) is 0.409. The van der Waals surface area contributed by atoms with Crippen LogP contribution in [0.5, 0.6) is 5.75 Å². The van der Waals surface area contributed by atoms with E-state index >= 15 is 0 Å². The van der Waals surface area contributed by atoms with Crippen molar-refractivity contribution in [2.45, 2.75) is 45.1 Å². The highest BCUT2D eigenvalue weighted by Gasteiger charge is 2.09. The zero-order valence-corrected chi connectivity index (χ0v) is 17.2. The molecule has 5 heteroatoms. The van der Waals surface area contributed by atoms with E-state index in [1.807, 2.05) is 24.3 Å². The van der Waals surface area contributed by atoms with Gasteiger partial charge in [-0.15, -0.1) is 12.4 Å². The molecule has 2 aromatic rings. The van der Waals surface area contributed by atoms with Crippen molar-refractivity contribution in [3.05, 3.63) is 65.2 Å². The lowest BCUT2D eigenvalue weighted by molar-refractivity contribution is -0.121. The number of ether oxygens (including phenoxy) is 1. The van der Waals surface area contributed by atoms with Crippen LogP contribution in [0.4, 0.5) is 0 Å². The molecule has 1 atom stereocenters. The van der Waals surface area contributed by atoms with Crippen LogP contribution in [0.2, 0.25) is 0 Å². The van der Waals surface area contributed by atoms with Crippen LogP contribution in [0.25, 0.3) is 0 Å². The summed E-state index contributed by atoms with van der Waals surface area (Å²) in [5.74, 6) is 1.40. The molecule has 0 saturated carbocycles. The van der Waals surface area contributed by atoms with E-state index in [-0.39, 0.29) is 24.4 Å². The molecule has 0 aliphatic rings. The normalized spacial score (nSPS) is 11.6. The molecular formula is C22H31ClN2O2. The van der Waals surface area contributed by atoms with Crippen molar-refractivity contribution >= 4 is 18.3 Å². The summed E-state index contributed by atoms with van der Waals surface area (Å²) in [7, 11) is 1.66. The molecule has 2 rings (SSSR count). The van der Waals surface area contributed by atoms with Crippen LogP contribution >= 0.6 is 12.4 Å². The van der Waals surface area contributed by atoms with Crippen molar-refractivity contribution in [3.63, 3.8) is 0 Å². The number of benzene rings is 2. The molecule has 3 N–H and O–H groups in total. The molecule has 4 nitrogen and oxygen atoms in total. The minimum absolute atomic E-state index is 0. The van der Waals surface area contributed by atoms with Crippen LogP contribution in [-0.2, 0) is 11.2 Å². The van der Waals surface area contributed by atoms with Gasteiger partial charge in [-0.3, -0.25) is 4.79 Å². The molecule has 27 heavy (non-hydrogen) atoms. The minimum Gasteiger partial charge on any atom is -0.497 e. The lowest BCUT2D eigenvalue weighted by atomic mass is 9.99. The zero-order valence-electron chi connectivity index (χ0n) is 16.4. The smallest absolute Gasteiger partial charge is 0.220 e. The number of aryl methyl sites for hydroxylation is 1. The van der Waals surface area contributed by atoms with E-state index in [0.717, 1.165) is 24.2 Å². The van der Waals surface area contributed by atoms with Gasteiger partial charge in [0.25, 0.3) is 0 Å². The Bertz CT molecular complexity index is 684. The van der Waals surface area contributed by atoms with Gasteiger partial charge in [-0.1, -0.05) is 50.2 Å². The van der Waals surface area contributed by atoms with Crippen LogP contribution in [0.3, 0.4) is 0 Å². The Morgan fingerprint density at radius 1 is 1.04 bits per heavy atom. The van der Waals surface area contributed by atoms with Crippen LogP contribution in [0, 0.1) is 0 Å². The third-order valence-electron chi connectivity index (χ3n) is 4.58. The standard InChI is InChI=1S/C22H30N2O2.ClH/c1-16(2)18-9-11-19(12-10-18)21(23)15-24-22(25)6-4-5-17-7-13-20(26-3)14-8-17;/h7-14,16,21H,4-6,15,23H2,1-3H3,(H,24,25);1H. The lowest BCUT2D eigenvalue weighted by Gasteiger charge is -2.14. The molecule has 0 spiro atoms. The van der Waals surface area contributed by atoms with Gasteiger partial charge < -0.3 is 15.8 Å². The molecule has 0 bridgehead atoms. The first kappa shape index (κ1) is 23.0. The van der Waals surface area contributed by atoms with Gasteiger partial charge in [0.15, 0.2) is 0 Å². The summed E-state index contributed by atoms with van der Waals surface area (Å²) in [6.07, 6.45) is 2.20. The molecule has 0 fully saturated rings. The Balaban J connectivity index is 0.00000364. The Morgan fingerprint density at radius 2 is 1.63 bits per heavy atom. The second-order valence-corrected chi connectivity index (χ2v) is 6.93. The number of carbonyl (C=O) groups is 1. The second-order valence-electron chi connectivity index (χ2n) is 6.93. The van der Waals surface area contributed by atoms with Crippen molar-refractivity contribution in [3.8, 4) is 5.75 Å². The number of carbonyl (C=O) groups excluding carboxylic acids is 1. The Kier molecular flexibility index (Phi) is 9.90. The number of nitrogens with two attached hydrogens (primary N) is 1. The molecule has 0 heterocycles. The zero-order chi connectivity index (χ0) is 18.9. The van der Waals surface area contributed by atoms with Crippen molar-refractivity contribution in [1.82, 2.24) is 5.32 Å². The van der Waals surface area contributed by atoms with E-state index in [1.165, 1.54) is 11.1 Å². The second kappa shape index (κ2) is 11.6. The van der Waals surface area contributed by atoms with Crippen molar-refractivity contribution in [2.75, 3.05) is 13.7 Å². The highest BCUT2D eigenvalue weighted by molar-refractivity contribution is 5.85. The van der Waals surface area contributed by atoms with Crippen molar-refractivity contribution < 1.29 is 9.53 Å². The Hall–Kier alpha value is -2.04. The first-order chi connectivity index (χ1) is 12.5. The number of nitrogens with one attached hydrogen (secondary N) is 1. The highest BCUT2D eigenvalue weighted by atomic mass is 35.5. The Morgan fingerprint density at radius 3 is 2.19 bits per heavy atom. The molecular weight excluding hydrogens is 360 g/mol. The third-order valence-corrected chi connectivity index (χ3v) is 4.58. The van der Waals surface area contributed by atoms with Gasteiger partial charge in [0.2, 0.25) is 5.91 Å². The third kappa shape index (κ3) is 7.61. The summed E-state index contributed by atoms with van der Waals surface area (Å²) >= 11 is 0. The summed E-state index contributed by atoms with van der Waals surface area (Å²) in [5.41, 5.74) is 9.74. The maximum absolute atomic E-state index is 12.0. The molecule has 1 amide bonds. The van der Waals surface area contributed by atoms with Gasteiger partial charge in [-0.05, 0) is 47.6 Å². The number of methoxy groups -OCH3 is 1. The van der Waals surface area contributed by atoms with E-state index in [0.29, 0.717) is 18.9 Å². The summed E-state index contributed by atoms with van der Waals surface area (Å²) in [6, 6.07) is 16.1. The SMILES string of the molecule is COc1ccc(CCCC(=O)NCC(N)c2ccc(C(C)C)cc2)cc1.Cl.